The molecular formula is C14H19N3O. The number of amides is 1. The van der Waals surface area contributed by atoms with Crippen molar-refractivity contribution in [3.63, 3.8) is 0 Å². The molecule has 0 spiro atoms. The standard InChI is InChI=1S/C14H19N3O/c15-11-5-9(6-12(16)7-11)13(18)17-8-14(3-4-14)10-1-2-10/h5-7,10H,1-4,8,15-16H2,(H,17,18). The van der Waals surface area contributed by atoms with Gasteiger partial charge in [0.2, 0.25) is 0 Å². The van der Waals surface area contributed by atoms with E-state index in [0.717, 1.165) is 12.5 Å². The largest absolute Gasteiger partial charge is 0.399 e. The Morgan fingerprint density at radius 1 is 1.22 bits per heavy atom. The lowest BCUT2D eigenvalue weighted by atomic mass is 10.0. The Morgan fingerprint density at radius 2 is 1.83 bits per heavy atom. The fourth-order valence-electron chi connectivity index (χ4n) is 2.75. The Balaban J connectivity index is 1.64. The summed E-state index contributed by atoms with van der Waals surface area (Å²) >= 11 is 0. The molecule has 0 aromatic heterocycles. The predicted octanol–water partition coefficient (Wildman–Crippen LogP) is 1.77. The minimum atomic E-state index is -0.0686. The Bertz CT molecular complexity index is 470. The molecule has 1 aromatic rings. The highest BCUT2D eigenvalue weighted by molar-refractivity contribution is 5.96. The first-order valence-electron chi connectivity index (χ1n) is 6.53. The van der Waals surface area contributed by atoms with Gasteiger partial charge in [-0.15, -0.1) is 0 Å². The molecule has 0 unspecified atom stereocenters. The second kappa shape index (κ2) is 3.90. The summed E-state index contributed by atoms with van der Waals surface area (Å²) in [5, 5.41) is 3.03. The smallest absolute Gasteiger partial charge is 0.251 e. The van der Waals surface area contributed by atoms with Crippen LogP contribution in [0.15, 0.2) is 18.2 Å². The van der Waals surface area contributed by atoms with Gasteiger partial charge in [-0.2, -0.15) is 0 Å². The number of nitrogen functional groups attached to an aromatic ring is 2. The molecule has 0 bridgehead atoms. The molecule has 2 saturated carbocycles. The van der Waals surface area contributed by atoms with Gasteiger partial charge in [0.1, 0.15) is 0 Å². The average Bonchev–Trinajstić information content (AvgIpc) is 3.15. The van der Waals surface area contributed by atoms with E-state index in [2.05, 4.69) is 5.32 Å². The van der Waals surface area contributed by atoms with Crippen molar-refractivity contribution in [2.75, 3.05) is 18.0 Å². The first-order chi connectivity index (χ1) is 8.59. The van der Waals surface area contributed by atoms with E-state index in [9.17, 15) is 4.79 Å². The van der Waals surface area contributed by atoms with Gasteiger partial charge in [0.05, 0.1) is 0 Å². The van der Waals surface area contributed by atoms with Crippen LogP contribution in [0.2, 0.25) is 0 Å². The summed E-state index contributed by atoms with van der Waals surface area (Å²) in [5.41, 5.74) is 13.4. The third-order valence-corrected chi connectivity index (χ3v) is 4.18. The molecule has 0 atom stereocenters. The first kappa shape index (κ1) is 11.4. The predicted molar refractivity (Wildman–Crippen MR) is 72.0 cm³/mol. The van der Waals surface area contributed by atoms with Crippen LogP contribution in [0, 0.1) is 11.3 Å². The highest BCUT2D eigenvalue weighted by Crippen LogP contribution is 2.60. The molecular weight excluding hydrogens is 226 g/mol. The van der Waals surface area contributed by atoms with Gasteiger partial charge in [-0.1, -0.05) is 0 Å². The SMILES string of the molecule is Nc1cc(N)cc(C(=O)NCC2(C3CC3)CC2)c1. The zero-order valence-electron chi connectivity index (χ0n) is 10.4. The average molecular weight is 245 g/mol. The van der Waals surface area contributed by atoms with Crippen molar-refractivity contribution < 1.29 is 4.79 Å². The molecule has 0 heterocycles. The third kappa shape index (κ3) is 2.15. The molecule has 96 valence electrons. The molecule has 2 aliphatic rings. The number of benzene rings is 1. The molecule has 4 heteroatoms. The summed E-state index contributed by atoms with van der Waals surface area (Å²) in [6, 6.07) is 4.99. The molecule has 1 amide bonds. The van der Waals surface area contributed by atoms with E-state index in [1.807, 2.05) is 0 Å². The summed E-state index contributed by atoms with van der Waals surface area (Å²) < 4.78 is 0. The normalized spacial score (nSPS) is 20.4. The lowest BCUT2D eigenvalue weighted by molar-refractivity contribution is 0.0942. The third-order valence-electron chi connectivity index (χ3n) is 4.18. The number of anilines is 2. The van der Waals surface area contributed by atoms with Crippen LogP contribution in [0.25, 0.3) is 0 Å². The number of nitrogens with one attached hydrogen (secondary N) is 1. The number of rotatable bonds is 4. The second-order valence-corrected chi connectivity index (χ2v) is 5.71. The van der Waals surface area contributed by atoms with Crippen molar-refractivity contribution in [1.82, 2.24) is 5.32 Å². The monoisotopic (exact) mass is 245 g/mol. The zero-order valence-corrected chi connectivity index (χ0v) is 10.4. The van der Waals surface area contributed by atoms with Gasteiger partial charge in [0, 0.05) is 23.5 Å². The molecule has 2 aliphatic carbocycles. The number of carbonyl (C=O) groups is 1. The molecule has 18 heavy (non-hydrogen) atoms. The second-order valence-electron chi connectivity index (χ2n) is 5.71. The molecule has 4 nitrogen and oxygen atoms in total. The fraction of sp³-hybridized carbons (Fsp3) is 0.500. The van der Waals surface area contributed by atoms with Crippen LogP contribution in [0.5, 0.6) is 0 Å². The number of hydrogen-bond donors (Lipinski definition) is 3. The Labute approximate surface area is 107 Å². The van der Waals surface area contributed by atoms with Crippen LogP contribution in [-0.2, 0) is 0 Å². The van der Waals surface area contributed by atoms with Crippen LogP contribution in [0.1, 0.15) is 36.0 Å². The first-order valence-corrected chi connectivity index (χ1v) is 6.53. The maximum Gasteiger partial charge on any atom is 0.251 e. The summed E-state index contributed by atoms with van der Waals surface area (Å²) in [5.74, 6) is 0.782. The molecule has 2 fully saturated rings. The van der Waals surface area contributed by atoms with Gasteiger partial charge >= 0.3 is 0 Å². The van der Waals surface area contributed by atoms with Crippen molar-refractivity contribution in [2.45, 2.75) is 25.7 Å². The maximum absolute atomic E-state index is 12.0. The Kier molecular flexibility index (Phi) is 2.47. The van der Waals surface area contributed by atoms with Crippen molar-refractivity contribution in [3.8, 4) is 0 Å². The van der Waals surface area contributed by atoms with Gasteiger partial charge in [0.15, 0.2) is 0 Å². The summed E-state index contributed by atoms with van der Waals surface area (Å²) in [4.78, 5) is 12.0. The zero-order chi connectivity index (χ0) is 12.8. The van der Waals surface area contributed by atoms with Gasteiger partial charge in [0.25, 0.3) is 5.91 Å². The molecule has 0 saturated heterocycles. The number of nitrogens with two attached hydrogens (primary N) is 2. The molecule has 1 aromatic carbocycles. The van der Waals surface area contributed by atoms with Gasteiger partial charge in [-0.25, -0.2) is 0 Å². The van der Waals surface area contributed by atoms with E-state index in [1.165, 1.54) is 25.7 Å². The van der Waals surface area contributed by atoms with Crippen LogP contribution in [0.4, 0.5) is 11.4 Å². The maximum atomic E-state index is 12.0. The van der Waals surface area contributed by atoms with E-state index >= 15 is 0 Å². The van der Waals surface area contributed by atoms with E-state index in [1.54, 1.807) is 18.2 Å². The van der Waals surface area contributed by atoms with Crippen LogP contribution in [0.3, 0.4) is 0 Å². The topological polar surface area (TPSA) is 81.1 Å². The lowest BCUT2D eigenvalue weighted by Gasteiger charge is -2.15. The van der Waals surface area contributed by atoms with E-state index in [-0.39, 0.29) is 5.91 Å². The highest BCUT2D eigenvalue weighted by atomic mass is 16.1. The minimum absolute atomic E-state index is 0.0686. The van der Waals surface area contributed by atoms with Crippen molar-refractivity contribution in [1.29, 1.82) is 0 Å². The summed E-state index contributed by atoms with van der Waals surface area (Å²) in [6.45, 7) is 0.797. The fourth-order valence-corrected chi connectivity index (χ4v) is 2.75. The quantitative estimate of drug-likeness (QED) is 0.707. The van der Waals surface area contributed by atoms with E-state index in [4.69, 9.17) is 11.5 Å². The van der Waals surface area contributed by atoms with Crippen molar-refractivity contribution in [2.24, 2.45) is 11.3 Å². The Morgan fingerprint density at radius 3 is 2.33 bits per heavy atom. The Hall–Kier alpha value is -1.71. The van der Waals surface area contributed by atoms with Crippen LogP contribution < -0.4 is 16.8 Å². The lowest BCUT2D eigenvalue weighted by Crippen LogP contribution is -2.31. The highest BCUT2D eigenvalue weighted by Gasteiger charge is 2.53. The van der Waals surface area contributed by atoms with Gasteiger partial charge in [-0.3, -0.25) is 4.79 Å². The van der Waals surface area contributed by atoms with Crippen LogP contribution >= 0.6 is 0 Å². The van der Waals surface area contributed by atoms with Gasteiger partial charge in [-0.05, 0) is 55.2 Å². The van der Waals surface area contributed by atoms with Crippen LogP contribution in [-0.4, -0.2) is 12.5 Å². The van der Waals surface area contributed by atoms with Crippen molar-refractivity contribution >= 4 is 17.3 Å². The minimum Gasteiger partial charge on any atom is -0.399 e. The number of carbonyl (C=O) groups excluding carboxylic acids is 1. The number of hydrogen-bond acceptors (Lipinski definition) is 3. The molecule has 3 rings (SSSR count). The van der Waals surface area contributed by atoms with E-state index in [0.29, 0.717) is 22.4 Å². The molecule has 5 N–H and O–H groups in total. The molecule has 0 radical (unpaired) electrons. The molecule has 0 aliphatic heterocycles. The summed E-state index contributed by atoms with van der Waals surface area (Å²) in [6.07, 6.45) is 5.19. The van der Waals surface area contributed by atoms with Crippen molar-refractivity contribution in [3.05, 3.63) is 23.8 Å². The summed E-state index contributed by atoms with van der Waals surface area (Å²) in [7, 11) is 0. The van der Waals surface area contributed by atoms with E-state index < -0.39 is 0 Å². The van der Waals surface area contributed by atoms with Gasteiger partial charge < -0.3 is 16.8 Å².